The largest absolute Gasteiger partial charge is 0.444 e. The molecule has 4 nitrogen and oxygen atoms in total. The molecule has 2 aliphatic heterocycles. The smallest absolute Gasteiger partial charge is 0.412 e. The molecule has 16 heavy (non-hydrogen) atoms. The molecule has 2 unspecified atom stereocenters. The minimum absolute atomic E-state index is 0.0534. The molecule has 2 saturated heterocycles. The molecule has 2 rings (SSSR count). The van der Waals surface area contributed by atoms with E-state index in [9.17, 15) is 4.79 Å². The van der Waals surface area contributed by atoms with Crippen molar-refractivity contribution in [1.29, 1.82) is 0 Å². The van der Waals surface area contributed by atoms with E-state index in [0.717, 1.165) is 32.3 Å². The SMILES string of the molecule is CC(C)(C)OC(=O)N1C2CCCC1OCC2. The molecule has 2 heterocycles. The number of hydrogen-bond acceptors (Lipinski definition) is 3. The zero-order valence-corrected chi connectivity index (χ0v) is 10.4. The highest BCUT2D eigenvalue weighted by molar-refractivity contribution is 5.69. The highest BCUT2D eigenvalue weighted by Gasteiger charge is 2.39. The summed E-state index contributed by atoms with van der Waals surface area (Å²) in [5, 5.41) is 0. The number of piperidine rings is 1. The van der Waals surface area contributed by atoms with Crippen LogP contribution in [0.25, 0.3) is 0 Å². The lowest BCUT2D eigenvalue weighted by Gasteiger charge is -2.45. The molecule has 0 aromatic heterocycles. The number of carbonyl (C=O) groups is 1. The number of hydrogen-bond donors (Lipinski definition) is 0. The van der Waals surface area contributed by atoms with Crippen molar-refractivity contribution in [3.05, 3.63) is 0 Å². The second-order valence-corrected chi connectivity index (χ2v) is 5.59. The van der Waals surface area contributed by atoms with Crippen LogP contribution in [0.15, 0.2) is 0 Å². The molecule has 2 atom stereocenters. The predicted octanol–water partition coefficient (Wildman–Crippen LogP) is 2.52. The molecule has 2 fully saturated rings. The molecule has 0 spiro atoms. The number of rotatable bonds is 0. The molecule has 0 N–H and O–H groups in total. The van der Waals surface area contributed by atoms with Gasteiger partial charge in [-0.1, -0.05) is 0 Å². The van der Waals surface area contributed by atoms with Gasteiger partial charge in [0.25, 0.3) is 0 Å². The molecule has 0 aromatic rings. The van der Waals surface area contributed by atoms with Gasteiger partial charge in [0.1, 0.15) is 11.8 Å². The van der Waals surface area contributed by atoms with E-state index in [0.29, 0.717) is 6.04 Å². The Morgan fingerprint density at radius 3 is 2.69 bits per heavy atom. The van der Waals surface area contributed by atoms with Gasteiger partial charge in [0.2, 0.25) is 0 Å². The molecular formula is C12H21NO3. The van der Waals surface area contributed by atoms with Gasteiger partial charge in [0, 0.05) is 6.04 Å². The third kappa shape index (κ3) is 2.48. The predicted molar refractivity (Wildman–Crippen MR) is 60.1 cm³/mol. The maximum atomic E-state index is 12.1. The van der Waals surface area contributed by atoms with Gasteiger partial charge in [-0.25, -0.2) is 4.79 Å². The fourth-order valence-corrected chi connectivity index (χ4v) is 2.41. The molecule has 0 aromatic carbocycles. The molecule has 0 aliphatic carbocycles. The fourth-order valence-electron chi connectivity index (χ4n) is 2.41. The van der Waals surface area contributed by atoms with Gasteiger partial charge >= 0.3 is 6.09 Å². The second-order valence-electron chi connectivity index (χ2n) is 5.59. The van der Waals surface area contributed by atoms with Crippen LogP contribution in [-0.4, -0.2) is 35.5 Å². The molecule has 92 valence electrons. The number of nitrogens with zero attached hydrogens (tertiary/aromatic N) is 1. The molecule has 0 saturated carbocycles. The topological polar surface area (TPSA) is 38.8 Å². The van der Waals surface area contributed by atoms with Gasteiger partial charge in [0.05, 0.1) is 6.61 Å². The van der Waals surface area contributed by atoms with Crippen molar-refractivity contribution in [2.24, 2.45) is 0 Å². The lowest BCUT2D eigenvalue weighted by molar-refractivity contribution is -0.138. The Kier molecular flexibility index (Phi) is 3.10. The van der Waals surface area contributed by atoms with Gasteiger partial charge in [0.15, 0.2) is 0 Å². The Balaban J connectivity index is 2.04. The molecule has 0 radical (unpaired) electrons. The molecule has 4 heteroatoms. The summed E-state index contributed by atoms with van der Waals surface area (Å²) in [6.07, 6.45) is 3.84. The van der Waals surface area contributed by atoms with E-state index < -0.39 is 5.60 Å². The van der Waals surface area contributed by atoms with Crippen LogP contribution in [0.5, 0.6) is 0 Å². The maximum absolute atomic E-state index is 12.1. The van der Waals surface area contributed by atoms with Gasteiger partial charge in [-0.2, -0.15) is 0 Å². The quantitative estimate of drug-likeness (QED) is 0.638. The number of fused-ring (bicyclic) bond motifs is 2. The first-order chi connectivity index (χ1) is 7.47. The average molecular weight is 227 g/mol. The number of amides is 1. The monoisotopic (exact) mass is 227 g/mol. The minimum atomic E-state index is -0.428. The highest BCUT2D eigenvalue weighted by Crippen LogP contribution is 2.31. The number of ether oxygens (including phenoxy) is 2. The Bertz CT molecular complexity index is 250. The van der Waals surface area contributed by atoms with Crippen molar-refractivity contribution in [3.8, 4) is 0 Å². The lowest BCUT2D eigenvalue weighted by atomic mass is 9.97. The van der Waals surface area contributed by atoms with Gasteiger partial charge < -0.3 is 9.47 Å². The third-order valence-electron chi connectivity index (χ3n) is 3.06. The van der Waals surface area contributed by atoms with Crippen molar-refractivity contribution in [2.75, 3.05) is 6.61 Å². The fraction of sp³-hybridized carbons (Fsp3) is 0.917. The van der Waals surface area contributed by atoms with Crippen molar-refractivity contribution < 1.29 is 14.3 Å². The van der Waals surface area contributed by atoms with Gasteiger partial charge in [-0.15, -0.1) is 0 Å². The first kappa shape index (κ1) is 11.7. The van der Waals surface area contributed by atoms with Crippen LogP contribution in [-0.2, 0) is 9.47 Å². The van der Waals surface area contributed by atoms with Crippen molar-refractivity contribution in [3.63, 3.8) is 0 Å². The zero-order valence-electron chi connectivity index (χ0n) is 10.4. The molecular weight excluding hydrogens is 206 g/mol. The Morgan fingerprint density at radius 2 is 2.06 bits per heavy atom. The van der Waals surface area contributed by atoms with Crippen molar-refractivity contribution in [1.82, 2.24) is 4.90 Å². The van der Waals surface area contributed by atoms with E-state index in [4.69, 9.17) is 9.47 Å². The van der Waals surface area contributed by atoms with Crippen LogP contribution < -0.4 is 0 Å². The third-order valence-corrected chi connectivity index (χ3v) is 3.06. The Labute approximate surface area is 96.9 Å². The maximum Gasteiger partial charge on any atom is 0.412 e. The van der Waals surface area contributed by atoms with E-state index >= 15 is 0 Å². The van der Waals surface area contributed by atoms with E-state index in [1.807, 2.05) is 20.8 Å². The van der Waals surface area contributed by atoms with Crippen molar-refractivity contribution in [2.45, 2.75) is 64.3 Å². The molecule has 2 aliphatic rings. The van der Waals surface area contributed by atoms with Crippen molar-refractivity contribution >= 4 is 6.09 Å². The van der Waals surface area contributed by atoms with Crippen LogP contribution >= 0.6 is 0 Å². The van der Waals surface area contributed by atoms with Gasteiger partial charge in [-0.05, 0) is 46.5 Å². The highest BCUT2D eigenvalue weighted by atomic mass is 16.6. The van der Waals surface area contributed by atoms with E-state index in [1.165, 1.54) is 0 Å². The van der Waals surface area contributed by atoms with Crippen LogP contribution in [0.2, 0.25) is 0 Å². The van der Waals surface area contributed by atoms with E-state index in [1.54, 1.807) is 4.90 Å². The summed E-state index contributed by atoms with van der Waals surface area (Å²) < 4.78 is 11.0. The summed E-state index contributed by atoms with van der Waals surface area (Å²) in [6.45, 7) is 6.46. The van der Waals surface area contributed by atoms with Gasteiger partial charge in [-0.3, -0.25) is 4.90 Å². The standard InChI is InChI=1S/C12H21NO3/c1-12(2,3)16-11(14)13-9-5-4-6-10(13)15-8-7-9/h9-10H,4-8H2,1-3H3. The average Bonchev–Trinajstić information content (AvgIpc) is 2.13. The first-order valence-corrected chi connectivity index (χ1v) is 6.10. The Hall–Kier alpha value is -0.770. The summed E-state index contributed by atoms with van der Waals surface area (Å²) in [4.78, 5) is 13.9. The summed E-state index contributed by atoms with van der Waals surface area (Å²) >= 11 is 0. The van der Waals surface area contributed by atoms with E-state index in [-0.39, 0.29) is 12.3 Å². The van der Waals surface area contributed by atoms with Crippen LogP contribution in [0, 0.1) is 0 Å². The van der Waals surface area contributed by atoms with Crippen LogP contribution in [0.4, 0.5) is 4.79 Å². The second kappa shape index (κ2) is 4.24. The lowest BCUT2D eigenvalue weighted by Crippen LogP contribution is -2.56. The van der Waals surface area contributed by atoms with Crippen LogP contribution in [0.1, 0.15) is 46.5 Å². The zero-order chi connectivity index (χ0) is 11.8. The summed E-state index contributed by atoms with van der Waals surface area (Å²) in [6, 6.07) is 0.322. The first-order valence-electron chi connectivity index (χ1n) is 6.10. The molecule has 1 amide bonds. The summed E-state index contributed by atoms with van der Waals surface area (Å²) in [5.41, 5.74) is -0.428. The number of carbonyl (C=O) groups excluding carboxylic acids is 1. The summed E-state index contributed by atoms with van der Waals surface area (Å²) in [7, 11) is 0. The van der Waals surface area contributed by atoms with Crippen LogP contribution in [0.3, 0.4) is 0 Å². The Morgan fingerprint density at radius 1 is 1.31 bits per heavy atom. The molecule has 2 bridgehead atoms. The van der Waals surface area contributed by atoms with E-state index in [2.05, 4.69) is 0 Å². The normalized spacial score (nSPS) is 30.1. The minimum Gasteiger partial charge on any atom is -0.444 e. The summed E-state index contributed by atoms with van der Waals surface area (Å²) in [5.74, 6) is 0.